The third-order valence-electron chi connectivity index (χ3n) is 7.62. The molecule has 0 radical (unpaired) electrons. The van der Waals surface area contributed by atoms with Gasteiger partial charge < -0.3 is 20.1 Å². The zero-order valence-corrected chi connectivity index (χ0v) is 19.8. The minimum Gasteiger partial charge on any atom is -0.481 e. The van der Waals surface area contributed by atoms with Gasteiger partial charge in [-0.25, -0.2) is 4.79 Å². The van der Waals surface area contributed by atoms with E-state index in [-0.39, 0.29) is 49.4 Å². The number of nitrogens with one attached hydrogen (secondary N) is 1. The molecular weight excluding hydrogens is 444 g/mol. The minimum atomic E-state index is -0.890. The quantitative estimate of drug-likeness (QED) is 0.554. The van der Waals surface area contributed by atoms with Crippen LogP contribution in [0.2, 0.25) is 0 Å². The average Bonchev–Trinajstić information content (AvgIpc) is 3.51. The van der Waals surface area contributed by atoms with Crippen molar-refractivity contribution < 1.29 is 24.2 Å². The smallest absolute Gasteiger partial charge is 0.407 e. The van der Waals surface area contributed by atoms with Gasteiger partial charge in [-0.3, -0.25) is 9.59 Å². The van der Waals surface area contributed by atoms with E-state index in [1.165, 1.54) is 22.3 Å². The first-order valence-electron chi connectivity index (χ1n) is 12.6. The van der Waals surface area contributed by atoms with Crippen molar-refractivity contribution in [1.29, 1.82) is 0 Å². The predicted molar refractivity (Wildman–Crippen MR) is 131 cm³/mol. The van der Waals surface area contributed by atoms with Crippen LogP contribution in [0.3, 0.4) is 0 Å². The lowest BCUT2D eigenvalue weighted by Gasteiger charge is -2.26. The van der Waals surface area contributed by atoms with Crippen LogP contribution in [0.25, 0.3) is 11.1 Å². The number of ether oxygens (including phenoxy) is 1. The van der Waals surface area contributed by atoms with E-state index >= 15 is 0 Å². The summed E-state index contributed by atoms with van der Waals surface area (Å²) in [6, 6.07) is 16.6. The minimum absolute atomic E-state index is 0.0000120. The third kappa shape index (κ3) is 5.19. The summed E-state index contributed by atoms with van der Waals surface area (Å²) in [6.45, 7) is 0.525. The Kier molecular flexibility index (Phi) is 6.75. The molecule has 0 aromatic heterocycles. The zero-order chi connectivity index (χ0) is 24.4. The standard InChI is InChI=1S/C28H32N2O5/c31-26(30(19-12-13-19)15-14-27(32)33)16-18-6-5-11-25(18)29-28(34)35-17-24-22-9-3-1-7-20(22)21-8-2-4-10-23(21)24/h1-4,7-10,18-19,24-25H,5-6,11-17H2,(H,29,34)(H,32,33)/t18-,25+/m0/s1. The Morgan fingerprint density at radius 3 is 2.23 bits per heavy atom. The van der Waals surface area contributed by atoms with E-state index in [1.807, 2.05) is 24.3 Å². The molecule has 0 saturated heterocycles. The highest BCUT2D eigenvalue weighted by Crippen LogP contribution is 2.44. The van der Waals surface area contributed by atoms with E-state index < -0.39 is 12.1 Å². The molecule has 0 unspecified atom stereocenters. The summed E-state index contributed by atoms with van der Waals surface area (Å²) < 4.78 is 5.70. The molecule has 2 fully saturated rings. The van der Waals surface area contributed by atoms with Gasteiger partial charge in [0.05, 0.1) is 6.42 Å². The molecular formula is C28H32N2O5. The Morgan fingerprint density at radius 1 is 0.943 bits per heavy atom. The molecule has 0 spiro atoms. The number of alkyl carbamates (subject to hydrolysis) is 1. The summed E-state index contributed by atoms with van der Waals surface area (Å²) >= 11 is 0. The lowest BCUT2D eigenvalue weighted by Crippen LogP contribution is -2.41. The highest BCUT2D eigenvalue weighted by Gasteiger charge is 2.37. The maximum atomic E-state index is 12.9. The van der Waals surface area contributed by atoms with Gasteiger partial charge in [-0.15, -0.1) is 0 Å². The van der Waals surface area contributed by atoms with Crippen molar-refractivity contribution >= 4 is 18.0 Å². The number of benzene rings is 2. The fourth-order valence-electron chi connectivity index (χ4n) is 5.72. The molecule has 2 aromatic rings. The van der Waals surface area contributed by atoms with Gasteiger partial charge in [0.25, 0.3) is 0 Å². The van der Waals surface area contributed by atoms with Crippen LogP contribution in [-0.4, -0.2) is 53.2 Å². The second-order valence-corrected chi connectivity index (χ2v) is 9.93. The highest BCUT2D eigenvalue weighted by atomic mass is 16.5. The topological polar surface area (TPSA) is 95.9 Å². The van der Waals surface area contributed by atoms with Crippen molar-refractivity contribution in [2.24, 2.45) is 5.92 Å². The van der Waals surface area contributed by atoms with E-state index in [9.17, 15) is 14.4 Å². The van der Waals surface area contributed by atoms with E-state index in [0.717, 1.165) is 32.1 Å². The average molecular weight is 477 g/mol. The Labute approximate surface area is 205 Å². The monoisotopic (exact) mass is 476 g/mol. The summed E-state index contributed by atoms with van der Waals surface area (Å²) in [6.07, 6.45) is 4.39. The van der Waals surface area contributed by atoms with Crippen LogP contribution in [0.15, 0.2) is 48.5 Å². The number of carboxylic acids is 1. The molecule has 5 rings (SSSR count). The molecule has 0 bridgehead atoms. The second-order valence-electron chi connectivity index (χ2n) is 9.93. The molecule has 2 N–H and O–H groups in total. The van der Waals surface area contributed by atoms with E-state index in [2.05, 4.69) is 29.6 Å². The molecule has 35 heavy (non-hydrogen) atoms. The Morgan fingerprint density at radius 2 is 1.60 bits per heavy atom. The van der Waals surface area contributed by atoms with Gasteiger partial charge in [0.2, 0.25) is 5.91 Å². The summed E-state index contributed by atoms with van der Waals surface area (Å²) in [5.41, 5.74) is 4.73. The Balaban J connectivity index is 1.17. The highest BCUT2D eigenvalue weighted by molar-refractivity contribution is 5.79. The molecule has 2 aromatic carbocycles. The zero-order valence-electron chi connectivity index (χ0n) is 19.8. The van der Waals surface area contributed by atoms with Crippen LogP contribution in [0.4, 0.5) is 4.79 Å². The second kappa shape index (κ2) is 10.1. The normalized spacial score (nSPS) is 20.7. The number of aliphatic carboxylic acids is 1. The van der Waals surface area contributed by atoms with Crippen LogP contribution in [0.5, 0.6) is 0 Å². The molecule has 2 amide bonds. The molecule has 2 saturated carbocycles. The number of hydrogen-bond acceptors (Lipinski definition) is 4. The summed E-state index contributed by atoms with van der Waals surface area (Å²) in [5, 5.41) is 12.0. The first-order chi connectivity index (χ1) is 17.0. The number of carbonyl (C=O) groups excluding carboxylic acids is 2. The maximum absolute atomic E-state index is 12.9. The molecule has 0 heterocycles. The predicted octanol–water partition coefficient (Wildman–Crippen LogP) is 4.55. The lowest BCUT2D eigenvalue weighted by atomic mass is 9.98. The van der Waals surface area contributed by atoms with E-state index in [0.29, 0.717) is 6.42 Å². The first kappa shape index (κ1) is 23.4. The van der Waals surface area contributed by atoms with Crippen molar-refractivity contribution in [3.63, 3.8) is 0 Å². The molecule has 3 aliphatic rings. The summed E-state index contributed by atoms with van der Waals surface area (Å²) in [5.74, 6) is -0.830. The largest absolute Gasteiger partial charge is 0.481 e. The molecule has 184 valence electrons. The number of carboxylic acid groups (broad SMARTS) is 1. The number of nitrogens with zero attached hydrogens (tertiary/aromatic N) is 1. The summed E-state index contributed by atoms with van der Waals surface area (Å²) in [4.78, 5) is 38.4. The SMILES string of the molecule is O=C(O)CCN(C(=O)C[C@@H]1CCC[C@H]1NC(=O)OCC1c2ccccc2-c2ccccc21)C1CC1. The van der Waals surface area contributed by atoms with Gasteiger partial charge in [0.1, 0.15) is 6.61 Å². The molecule has 0 aliphatic heterocycles. The fraction of sp³-hybridized carbons (Fsp3) is 0.464. The van der Waals surface area contributed by atoms with Gasteiger partial charge in [-0.1, -0.05) is 55.0 Å². The third-order valence-corrected chi connectivity index (χ3v) is 7.62. The summed E-state index contributed by atoms with van der Waals surface area (Å²) in [7, 11) is 0. The molecule has 2 atom stereocenters. The Hall–Kier alpha value is -3.35. The van der Waals surface area contributed by atoms with Crippen molar-refractivity contribution in [3.8, 4) is 11.1 Å². The maximum Gasteiger partial charge on any atom is 0.407 e. The number of amides is 2. The molecule has 3 aliphatic carbocycles. The number of fused-ring (bicyclic) bond motifs is 3. The van der Waals surface area contributed by atoms with E-state index in [4.69, 9.17) is 9.84 Å². The van der Waals surface area contributed by atoms with Gasteiger partial charge in [0, 0.05) is 31.0 Å². The van der Waals surface area contributed by atoms with Gasteiger partial charge in [-0.2, -0.15) is 0 Å². The fourth-order valence-corrected chi connectivity index (χ4v) is 5.72. The molecule has 7 nitrogen and oxygen atoms in total. The van der Waals surface area contributed by atoms with Crippen molar-refractivity contribution in [1.82, 2.24) is 10.2 Å². The van der Waals surface area contributed by atoms with Crippen LogP contribution in [-0.2, 0) is 14.3 Å². The van der Waals surface area contributed by atoms with Crippen LogP contribution < -0.4 is 5.32 Å². The van der Waals surface area contributed by atoms with E-state index in [1.54, 1.807) is 4.90 Å². The number of hydrogen-bond donors (Lipinski definition) is 2. The van der Waals surface area contributed by atoms with Crippen molar-refractivity contribution in [3.05, 3.63) is 59.7 Å². The van der Waals surface area contributed by atoms with Crippen molar-refractivity contribution in [2.45, 2.75) is 62.9 Å². The van der Waals surface area contributed by atoms with Gasteiger partial charge >= 0.3 is 12.1 Å². The van der Waals surface area contributed by atoms with Crippen LogP contribution in [0, 0.1) is 5.92 Å². The van der Waals surface area contributed by atoms with Gasteiger partial charge in [0.15, 0.2) is 0 Å². The van der Waals surface area contributed by atoms with Crippen LogP contribution in [0.1, 0.15) is 62.0 Å². The Bertz CT molecular complexity index is 1070. The van der Waals surface area contributed by atoms with Gasteiger partial charge in [-0.05, 0) is 53.9 Å². The number of rotatable bonds is 9. The number of carbonyl (C=O) groups is 3. The lowest BCUT2D eigenvalue weighted by molar-refractivity contribution is -0.139. The van der Waals surface area contributed by atoms with Crippen LogP contribution >= 0.6 is 0 Å². The first-order valence-corrected chi connectivity index (χ1v) is 12.6. The van der Waals surface area contributed by atoms with Crippen molar-refractivity contribution in [2.75, 3.05) is 13.2 Å². The molecule has 7 heteroatoms.